The third kappa shape index (κ3) is 5.05. The number of hydrogen-bond acceptors (Lipinski definition) is 5. The van der Waals surface area contributed by atoms with Gasteiger partial charge in [0.2, 0.25) is 5.88 Å². The van der Waals surface area contributed by atoms with Crippen LogP contribution in [-0.2, 0) is 0 Å². The number of nitrogens with one attached hydrogen (secondary N) is 1. The van der Waals surface area contributed by atoms with Crippen molar-refractivity contribution in [3.63, 3.8) is 0 Å². The molecule has 2 heterocycles. The number of benzene rings is 1. The largest absolute Gasteiger partial charge is 0.481 e. The molecular formula is C21H27N3O3. The maximum absolute atomic E-state index is 12.4. The number of carbonyl (C=O) groups is 1. The lowest BCUT2D eigenvalue weighted by Gasteiger charge is -2.34. The van der Waals surface area contributed by atoms with E-state index in [1.807, 2.05) is 36.4 Å². The second-order valence-corrected chi connectivity index (χ2v) is 6.77. The van der Waals surface area contributed by atoms with Gasteiger partial charge < -0.3 is 15.2 Å². The molecule has 0 unspecified atom stereocenters. The fourth-order valence-electron chi connectivity index (χ4n) is 3.46. The van der Waals surface area contributed by atoms with E-state index in [0.29, 0.717) is 18.0 Å². The van der Waals surface area contributed by atoms with Crippen molar-refractivity contribution < 1.29 is 14.6 Å². The number of aromatic nitrogens is 1. The van der Waals surface area contributed by atoms with Crippen LogP contribution in [0.5, 0.6) is 5.88 Å². The molecule has 2 aromatic rings. The number of rotatable bonds is 7. The third-order valence-corrected chi connectivity index (χ3v) is 5.02. The molecule has 0 aliphatic carbocycles. The Bertz CT molecular complexity index is 749. The number of nitrogens with zero attached hydrogens (tertiary/aromatic N) is 2. The summed E-state index contributed by atoms with van der Waals surface area (Å²) in [7, 11) is 1.59. The monoisotopic (exact) mass is 369 g/mol. The number of carbonyl (C=O) groups excluding carboxylic acids is 1. The zero-order valence-corrected chi connectivity index (χ0v) is 15.7. The van der Waals surface area contributed by atoms with E-state index >= 15 is 0 Å². The van der Waals surface area contributed by atoms with Crippen molar-refractivity contribution in [2.45, 2.75) is 25.3 Å². The summed E-state index contributed by atoms with van der Waals surface area (Å²) >= 11 is 0. The summed E-state index contributed by atoms with van der Waals surface area (Å²) in [5, 5.41) is 12.4. The topological polar surface area (TPSA) is 74.7 Å². The smallest absolute Gasteiger partial charge is 0.251 e. The van der Waals surface area contributed by atoms with Crippen molar-refractivity contribution in [1.29, 1.82) is 0 Å². The lowest BCUT2D eigenvalue weighted by Crippen LogP contribution is -2.45. The number of piperidine rings is 1. The Hall–Kier alpha value is -2.44. The molecule has 144 valence electrons. The molecule has 1 saturated heterocycles. The van der Waals surface area contributed by atoms with Gasteiger partial charge in [0.05, 0.1) is 19.4 Å². The van der Waals surface area contributed by atoms with Crippen LogP contribution in [0.4, 0.5) is 0 Å². The van der Waals surface area contributed by atoms with Gasteiger partial charge in [-0.15, -0.1) is 0 Å². The zero-order chi connectivity index (χ0) is 19.1. The summed E-state index contributed by atoms with van der Waals surface area (Å²) in [5.41, 5.74) is 2.37. The van der Waals surface area contributed by atoms with E-state index in [1.54, 1.807) is 13.2 Å². The van der Waals surface area contributed by atoms with Gasteiger partial charge in [0, 0.05) is 36.3 Å². The van der Waals surface area contributed by atoms with Gasteiger partial charge >= 0.3 is 0 Å². The quantitative estimate of drug-likeness (QED) is 0.784. The van der Waals surface area contributed by atoms with Gasteiger partial charge in [-0.2, -0.15) is 0 Å². The molecule has 1 aliphatic rings. The number of ether oxygens (including phenoxy) is 1. The Morgan fingerprint density at radius 3 is 2.81 bits per heavy atom. The first-order valence-electron chi connectivity index (χ1n) is 9.46. The van der Waals surface area contributed by atoms with Gasteiger partial charge in [-0.25, -0.2) is 4.98 Å². The first-order chi connectivity index (χ1) is 13.2. The van der Waals surface area contributed by atoms with Gasteiger partial charge in [-0.1, -0.05) is 24.6 Å². The highest BCUT2D eigenvalue weighted by molar-refractivity contribution is 5.94. The van der Waals surface area contributed by atoms with Crippen LogP contribution < -0.4 is 10.1 Å². The fourth-order valence-corrected chi connectivity index (χ4v) is 3.46. The van der Waals surface area contributed by atoms with Crippen molar-refractivity contribution in [2.24, 2.45) is 0 Å². The number of aliphatic hydroxyl groups excluding tert-OH is 1. The number of amides is 1. The molecule has 1 aromatic heterocycles. The Balaban J connectivity index is 1.54. The molecule has 27 heavy (non-hydrogen) atoms. The first-order valence-corrected chi connectivity index (χ1v) is 9.46. The summed E-state index contributed by atoms with van der Waals surface area (Å²) in [5.74, 6) is 0.478. The van der Waals surface area contributed by atoms with E-state index in [4.69, 9.17) is 4.74 Å². The van der Waals surface area contributed by atoms with Gasteiger partial charge in [-0.05, 0) is 37.6 Å². The molecule has 6 heteroatoms. The molecule has 1 aromatic carbocycles. The Labute approximate surface area is 160 Å². The van der Waals surface area contributed by atoms with E-state index in [2.05, 4.69) is 15.2 Å². The number of hydrogen-bond donors (Lipinski definition) is 2. The average molecular weight is 369 g/mol. The summed E-state index contributed by atoms with van der Waals surface area (Å²) in [6.07, 6.45) is 3.36. The molecule has 1 fully saturated rings. The van der Waals surface area contributed by atoms with Crippen LogP contribution in [0, 0.1) is 0 Å². The third-order valence-electron chi connectivity index (χ3n) is 5.02. The maximum Gasteiger partial charge on any atom is 0.251 e. The second kappa shape index (κ2) is 9.48. The normalized spacial score (nSPS) is 17.5. The van der Waals surface area contributed by atoms with E-state index < -0.39 is 0 Å². The van der Waals surface area contributed by atoms with Crippen molar-refractivity contribution in [3.05, 3.63) is 48.0 Å². The Morgan fingerprint density at radius 1 is 1.26 bits per heavy atom. The molecule has 1 aliphatic heterocycles. The molecule has 0 bridgehead atoms. The predicted molar refractivity (Wildman–Crippen MR) is 105 cm³/mol. The highest BCUT2D eigenvalue weighted by Crippen LogP contribution is 2.20. The molecule has 0 spiro atoms. The molecule has 0 radical (unpaired) electrons. The fraction of sp³-hybridized carbons (Fsp3) is 0.429. The zero-order valence-electron chi connectivity index (χ0n) is 15.7. The van der Waals surface area contributed by atoms with Gasteiger partial charge in [0.15, 0.2) is 0 Å². The lowest BCUT2D eigenvalue weighted by atomic mass is 10.0. The van der Waals surface area contributed by atoms with Crippen molar-refractivity contribution in [1.82, 2.24) is 15.2 Å². The van der Waals surface area contributed by atoms with Crippen LogP contribution >= 0.6 is 0 Å². The van der Waals surface area contributed by atoms with E-state index in [9.17, 15) is 9.90 Å². The lowest BCUT2D eigenvalue weighted by molar-refractivity contribution is 0.0849. The average Bonchev–Trinajstić information content (AvgIpc) is 2.74. The highest BCUT2D eigenvalue weighted by Gasteiger charge is 2.21. The number of aliphatic hydroxyl groups is 1. The molecule has 6 nitrogen and oxygen atoms in total. The number of pyridine rings is 1. The Morgan fingerprint density at radius 2 is 2.07 bits per heavy atom. The van der Waals surface area contributed by atoms with Crippen molar-refractivity contribution in [2.75, 3.05) is 33.4 Å². The maximum atomic E-state index is 12.4. The van der Waals surface area contributed by atoms with Crippen LogP contribution in [0.25, 0.3) is 11.3 Å². The van der Waals surface area contributed by atoms with Gasteiger partial charge in [0.25, 0.3) is 5.91 Å². The highest BCUT2D eigenvalue weighted by atomic mass is 16.5. The van der Waals surface area contributed by atoms with Crippen LogP contribution in [-0.4, -0.2) is 60.3 Å². The minimum Gasteiger partial charge on any atom is -0.481 e. The van der Waals surface area contributed by atoms with Crippen LogP contribution in [0.15, 0.2) is 42.5 Å². The van der Waals surface area contributed by atoms with Gasteiger partial charge in [-0.3, -0.25) is 9.69 Å². The standard InChI is InChI=1S/C21H27N3O3/c1-27-20-7-4-6-19(23-20)16-8-10-17(11-9-16)21(26)22-12-14-24-13-3-2-5-18(24)15-25/h4,6-11,18,25H,2-3,5,12-15H2,1H3,(H,22,26)/t18-/m0/s1. The van der Waals surface area contributed by atoms with Crippen LogP contribution in [0.1, 0.15) is 29.6 Å². The second-order valence-electron chi connectivity index (χ2n) is 6.77. The summed E-state index contributed by atoms with van der Waals surface area (Å²) in [6.45, 7) is 2.52. The summed E-state index contributed by atoms with van der Waals surface area (Å²) in [6, 6.07) is 13.2. The SMILES string of the molecule is COc1cccc(-c2ccc(C(=O)NCCN3CCCC[C@H]3CO)cc2)n1. The van der Waals surface area contributed by atoms with Gasteiger partial charge in [0.1, 0.15) is 0 Å². The molecular weight excluding hydrogens is 342 g/mol. The summed E-state index contributed by atoms with van der Waals surface area (Å²) < 4.78 is 5.15. The van der Waals surface area contributed by atoms with Crippen LogP contribution in [0.2, 0.25) is 0 Å². The molecule has 1 atom stereocenters. The Kier molecular flexibility index (Phi) is 6.79. The number of methoxy groups -OCH3 is 1. The van der Waals surface area contributed by atoms with Crippen molar-refractivity contribution in [3.8, 4) is 17.1 Å². The van der Waals surface area contributed by atoms with E-state index in [1.165, 1.54) is 6.42 Å². The van der Waals surface area contributed by atoms with E-state index in [0.717, 1.165) is 37.2 Å². The molecule has 2 N–H and O–H groups in total. The molecule has 0 saturated carbocycles. The number of likely N-dealkylation sites (tertiary alicyclic amines) is 1. The van der Waals surface area contributed by atoms with Crippen LogP contribution in [0.3, 0.4) is 0 Å². The molecule has 1 amide bonds. The first kappa shape index (κ1) is 19.3. The van der Waals surface area contributed by atoms with Crippen molar-refractivity contribution >= 4 is 5.91 Å². The summed E-state index contributed by atoms with van der Waals surface area (Å²) in [4.78, 5) is 19.0. The minimum atomic E-state index is -0.0855. The minimum absolute atomic E-state index is 0.0855. The van der Waals surface area contributed by atoms with E-state index in [-0.39, 0.29) is 18.6 Å². The molecule has 3 rings (SSSR count). The predicted octanol–water partition coefficient (Wildman–Crippen LogP) is 2.33.